The van der Waals surface area contributed by atoms with Gasteiger partial charge in [0, 0.05) is 13.0 Å². The van der Waals surface area contributed by atoms with Crippen molar-refractivity contribution in [2.45, 2.75) is 6.42 Å². The zero-order valence-corrected chi connectivity index (χ0v) is 10.2. The highest BCUT2D eigenvalue weighted by atomic mass is 16.1. The van der Waals surface area contributed by atoms with Crippen LogP contribution in [0.1, 0.15) is 12.0 Å². The minimum atomic E-state index is -0.164. The molecular weight excluding hydrogens is 228 g/mol. The molecule has 1 aromatic rings. The molecule has 0 aliphatic heterocycles. The molecule has 1 rings (SSSR count). The van der Waals surface area contributed by atoms with E-state index in [9.17, 15) is 4.79 Å². The molecule has 0 saturated carbocycles. The van der Waals surface area contributed by atoms with Crippen molar-refractivity contribution in [2.75, 3.05) is 25.5 Å². The minimum absolute atomic E-state index is 0.164. The summed E-state index contributed by atoms with van der Waals surface area (Å²) in [5, 5.41) is 20.0. The Balaban J connectivity index is 2.51. The van der Waals surface area contributed by atoms with Gasteiger partial charge >= 0.3 is 0 Å². The second kappa shape index (κ2) is 7.05. The second-order valence-electron chi connectivity index (χ2n) is 3.85. The second-order valence-corrected chi connectivity index (χ2v) is 3.85. The van der Waals surface area contributed by atoms with Gasteiger partial charge in [-0.25, -0.2) is 0 Å². The molecule has 0 heterocycles. The molecule has 0 atom stereocenters. The van der Waals surface area contributed by atoms with Crippen LogP contribution in [0, 0.1) is 22.7 Å². The van der Waals surface area contributed by atoms with Gasteiger partial charge in [0.25, 0.3) is 0 Å². The molecule has 18 heavy (non-hydrogen) atoms. The maximum absolute atomic E-state index is 11.7. The predicted molar refractivity (Wildman–Crippen MR) is 67.5 cm³/mol. The highest BCUT2D eigenvalue weighted by molar-refractivity contribution is 5.92. The monoisotopic (exact) mass is 242 g/mol. The fourth-order valence-electron chi connectivity index (χ4n) is 1.39. The first-order valence-corrected chi connectivity index (χ1v) is 5.52. The van der Waals surface area contributed by atoms with Gasteiger partial charge in [0.1, 0.15) is 6.07 Å². The topological polar surface area (TPSA) is 79.9 Å². The van der Waals surface area contributed by atoms with E-state index in [0.29, 0.717) is 24.3 Å². The van der Waals surface area contributed by atoms with Crippen LogP contribution in [0.15, 0.2) is 24.3 Å². The molecule has 0 aromatic heterocycles. The van der Waals surface area contributed by atoms with Gasteiger partial charge in [0.15, 0.2) is 0 Å². The van der Waals surface area contributed by atoms with Gasteiger partial charge in [-0.15, -0.1) is 0 Å². The number of benzene rings is 1. The first-order chi connectivity index (χ1) is 8.67. The number of para-hydroxylation sites is 1. The van der Waals surface area contributed by atoms with Gasteiger partial charge in [-0.3, -0.25) is 9.69 Å². The number of amides is 1. The van der Waals surface area contributed by atoms with Crippen LogP contribution >= 0.6 is 0 Å². The van der Waals surface area contributed by atoms with Crippen LogP contribution < -0.4 is 5.32 Å². The molecule has 0 aliphatic carbocycles. The Bertz CT molecular complexity index is 498. The Labute approximate surface area is 106 Å². The van der Waals surface area contributed by atoms with Gasteiger partial charge in [-0.05, 0) is 19.2 Å². The number of hydrogen-bond donors (Lipinski definition) is 1. The van der Waals surface area contributed by atoms with Crippen LogP contribution in [-0.2, 0) is 4.79 Å². The average molecular weight is 242 g/mol. The van der Waals surface area contributed by atoms with Gasteiger partial charge in [0.2, 0.25) is 5.91 Å². The number of rotatable bonds is 5. The lowest BCUT2D eigenvalue weighted by Crippen LogP contribution is -2.24. The molecule has 92 valence electrons. The van der Waals surface area contributed by atoms with Crippen molar-refractivity contribution in [1.82, 2.24) is 4.90 Å². The third-order valence-electron chi connectivity index (χ3n) is 2.38. The molecule has 1 N–H and O–H groups in total. The molecular formula is C13H14N4O. The van der Waals surface area contributed by atoms with Crippen molar-refractivity contribution in [2.24, 2.45) is 0 Å². The number of carbonyl (C=O) groups excluding carboxylic acids is 1. The largest absolute Gasteiger partial charge is 0.325 e. The summed E-state index contributed by atoms with van der Waals surface area (Å²) in [5.41, 5.74) is 0.962. The third kappa shape index (κ3) is 4.25. The molecule has 0 saturated heterocycles. The molecule has 0 unspecified atom stereocenters. The Kier molecular flexibility index (Phi) is 5.37. The zero-order valence-electron chi connectivity index (χ0n) is 10.2. The Morgan fingerprint density at radius 2 is 2.11 bits per heavy atom. The summed E-state index contributed by atoms with van der Waals surface area (Å²) < 4.78 is 0. The summed E-state index contributed by atoms with van der Waals surface area (Å²) in [6, 6.07) is 10.9. The standard InChI is InChI=1S/C13H14N4O/c1-17(9-7-14)8-6-13(18)16-12-5-3-2-4-11(12)10-15/h2-5H,6,8-9H2,1H3,(H,16,18). The lowest BCUT2D eigenvalue weighted by atomic mass is 10.2. The van der Waals surface area contributed by atoms with Crippen LogP contribution in [0.3, 0.4) is 0 Å². The van der Waals surface area contributed by atoms with Gasteiger partial charge in [-0.2, -0.15) is 10.5 Å². The van der Waals surface area contributed by atoms with E-state index in [1.807, 2.05) is 12.1 Å². The summed E-state index contributed by atoms with van der Waals surface area (Å²) in [6.45, 7) is 0.802. The number of nitrogens with one attached hydrogen (secondary N) is 1. The highest BCUT2D eigenvalue weighted by Gasteiger charge is 2.07. The normalized spacial score (nSPS) is 9.56. The lowest BCUT2D eigenvalue weighted by Gasteiger charge is -2.12. The van der Waals surface area contributed by atoms with Crippen LogP contribution in [0.2, 0.25) is 0 Å². The molecule has 1 amide bonds. The molecule has 5 nitrogen and oxygen atoms in total. The maximum Gasteiger partial charge on any atom is 0.225 e. The average Bonchev–Trinajstić information content (AvgIpc) is 2.37. The van der Waals surface area contributed by atoms with E-state index < -0.39 is 0 Å². The fraction of sp³-hybridized carbons (Fsp3) is 0.308. The summed E-state index contributed by atoms with van der Waals surface area (Å²) in [7, 11) is 1.78. The smallest absolute Gasteiger partial charge is 0.225 e. The molecule has 0 bridgehead atoms. The van der Waals surface area contributed by atoms with E-state index in [0.717, 1.165) is 0 Å². The van der Waals surface area contributed by atoms with Crippen LogP contribution in [0.4, 0.5) is 5.69 Å². The molecule has 0 radical (unpaired) electrons. The Morgan fingerprint density at radius 1 is 1.39 bits per heavy atom. The summed E-state index contributed by atoms with van der Waals surface area (Å²) in [4.78, 5) is 13.4. The Hall–Kier alpha value is -2.37. The van der Waals surface area contributed by atoms with E-state index in [1.54, 1.807) is 36.2 Å². The first-order valence-electron chi connectivity index (χ1n) is 5.52. The van der Waals surface area contributed by atoms with Gasteiger partial charge < -0.3 is 5.32 Å². The van der Waals surface area contributed by atoms with E-state index in [1.165, 1.54) is 0 Å². The summed E-state index contributed by atoms with van der Waals surface area (Å²) in [6.07, 6.45) is 0.290. The molecule has 0 aliphatic rings. The van der Waals surface area contributed by atoms with Crippen LogP contribution in [-0.4, -0.2) is 30.9 Å². The lowest BCUT2D eigenvalue weighted by molar-refractivity contribution is -0.116. The number of nitriles is 2. The number of nitrogens with zero attached hydrogens (tertiary/aromatic N) is 3. The van der Waals surface area contributed by atoms with Crippen molar-refractivity contribution in [1.29, 1.82) is 10.5 Å². The molecule has 0 spiro atoms. The SMILES string of the molecule is CN(CC#N)CCC(=O)Nc1ccccc1C#N. The zero-order chi connectivity index (χ0) is 13.4. The molecule has 0 fully saturated rings. The number of hydrogen-bond acceptors (Lipinski definition) is 4. The van der Waals surface area contributed by atoms with E-state index in [4.69, 9.17) is 10.5 Å². The van der Waals surface area contributed by atoms with E-state index in [2.05, 4.69) is 5.32 Å². The van der Waals surface area contributed by atoms with Crippen molar-refractivity contribution in [3.8, 4) is 12.1 Å². The van der Waals surface area contributed by atoms with Crippen LogP contribution in [0.25, 0.3) is 0 Å². The molecule has 1 aromatic carbocycles. The van der Waals surface area contributed by atoms with Crippen molar-refractivity contribution >= 4 is 11.6 Å². The maximum atomic E-state index is 11.7. The molecule has 5 heteroatoms. The van der Waals surface area contributed by atoms with Crippen molar-refractivity contribution in [3.63, 3.8) is 0 Å². The summed E-state index contributed by atoms with van der Waals surface area (Å²) >= 11 is 0. The number of carbonyl (C=O) groups is 1. The number of anilines is 1. The van der Waals surface area contributed by atoms with Crippen molar-refractivity contribution in [3.05, 3.63) is 29.8 Å². The van der Waals surface area contributed by atoms with Crippen LogP contribution in [0.5, 0.6) is 0 Å². The summed E-state index contributed by atoms with van der Waals surface area (Å²) in [5.74, 6) is -0.164. The Morgan fingerprint density at radius 3 is 2.78 bits per heavy atom. The van der Waals surface area contributed by atoms with Gasteiger partial charge in [0.05, 0.1) is 23.9 Å². The van der Waals surface area contributed by atoms with E-state index >= 15 is 0 Å². The highest BCUT2D eigenvalue weighted by Crippen LogP contribution is 2.13. The van der Waals surface area contributed by atoms with Gasteiger partial charge in [-0.1, -0.05) is 12.1 Å². The fourth-order valence-corrected chi connectivity index (χ4v) is 1.39. The quantitative estimate of drug-likeness (QED) is 0.790. The minimum Gasteiger partial charge on any atom is -0.325 e. The predicted octanol–water partition coefficient (Wildman–Crippen LogP) is 1.34. The third-order valence-corrected chi connectivity index (χ3v) is 2.38. The van der Waals surface area contributed by atoms with E-state index in [-0.39, 0.29) is 12.3 Å². The first kappa shape index (κ1) is 13.7. The van der Waals surface area contributed by atoms with Crippen molar-refractivity contribution < 1.29 is 4.79 Å².